The standard InChI is InChI=1S/C15H30N2/c1-4-14-10-9-12(3)17(14)11-13-7-6-8-15(13)16-5-2/h12-16H,4-11H2,1-3H3. The Bertz CT molecular complexity index is 229. The molecule has 0 aromatic carbocycles. The van der Waals surface area contributed by atoms with Crippen LogP contribution in [0.1, 0.15) is 59.3 Å². The van der Waals surface area contributed by atoms with Gasteiger partial charge in [-0.15, -0.1) is 0 Å². The molecule has 0 radical (unpaired) electrons. The van der Waals surface area contributed by atoms with Crippen molar-refractivity contribution in [2.24, 2.45) is 5.92 Å². The largest absolute Gasteiger partial charge is 0.314 e. The average Bonchev–Trinajstić information content (AvgIpc) is 2.89. The monoisotopic (exact) mass is 238 g/mol. The normalized spacial score (nSPS) is 39.0. The first-order valence-corrected chi connectivity index (χ1v) is 7.75. The van der Waals surface area contributed by atoms with Crippen molar-refractivity contribution in [3.63, 3.8) is 0 Å². The van der Waals surface area contributed by atoms with Crippen LogP contribution >= 0.6 is 0 Å². The first-order valence-electron chi connectivity index (χ1n) is 7.75. The van der Waals surface area contributed by atoms with E-state index >= 15 is 0 Å². The van der Waals surface area contributed by atoms with Crippen LogP contribution in [0.25, 0.3) is 0 Å². The topological polar surface area (TPSA) is 15.3 Å². The molecule has 0 spiro atoms. The lowest BCUT2D eigenvalue weighted by Gasteiger charge is -2.32. The molecule has 100 valence electrons. The van der Waals surface area contributed by atoms with E-state index in [-0.39, 0.29) is 0 Å². The number of likely N-dealkylation sites (tertiary alicyclic amines) is 1. The van der Waals surface area contributed by atoms with Gasteiger partial charge >= 0.3 is 0 Å². The van der Waals surface area contributed by atoms with Crippen molar-refractivity contribution in [3.8, 4) is 0 Å². The van der Waals surface area contributed by atoms with Gasteiger partial charge in [0, 0.05) is 24.7 Å². The van der Waals surface area contributed by atoms with E-state index in [2.05, 4.69) is 31.0 Å². The molecule has 2 nitrogen and oxygen atoms in total. The molecule has 1 saturated carbocycles. The fourth-order valence-corrected chi connectivity index (χ4v) is 3.95. The molecule has 4 atom stereocenters. The van der Waals surface area contributed by atoms with Gasteiger partial charge in [-0.25, -0.2) is 0 Å². The van der Waals surface area contributed by atoms with Gasteiger partial charge in [0.1, 0.15) is 0 Å². The third kappa shape index (κ3) is 3.03. The van der Waals surface area contributed by atoms with Gasteiger partial charge in [0.15, 0.2) is 0 Å². The molecule has 2 rings (SSSR count). The summed E-state index contributed by atoms with van der Waals surface area (Å²) in [7, 11) is 0. The maximum absolute atomic E-state index is 3.69. The molecule has 0 amide bonds. The molecule has 2 aliphatic rings. The molecule has 17 heavy (non-hydrogen) atoms. The van der Waals surface area contributed by atoms with Gasteiger partial charge in [0.05, 0.1) is 0 Å². The van der Waals surface area contributed by atoms with E-state index in [9.17, 15) is 0 Å². The Balaban J connectivity index is 1.90. The van der Waals surface area contributed by atoms with E-state index in [4.69, 9.17) is 0 Å². The van der Waals surface area contributed by atoms with Crippen LogP contribution in [0.4, 0.5) is 0 Å². The zero-order valence-corrected chi connectivity index (χ0v) is 11.9. The van der Waals surface area contributed by atoms with Gasteiger partial charge in [0.2, 0.25) is 0 Å². The lowest BCUT2D eigenvalue weighted by Crippen LogP contribution is -2.43. The number of nitrogens with zero attached hydrogens (tertiary/aromatic N) is 1. The second kappa shape index (κ2) is 6.19. The molecule has 0 aromatic rings. The third-order valence-electron chi connectivity index (χ3n) is 4.99. The first kappa shape index (κ1) is 13.4. The molecular formula is C15H30N2. The maximum Gasteiger partial charge on any atom is 0.0107 e. The van der Waals surface area contributed by atoms with Crippen LogP contribution in [0, 0.1) is 5.92 Å². The molecule has 1 aliphatic carbocycles. The zero-order valence-electron chi connectivity index (χ0n) is 11.9. The number of hydrogen-bond donors (Lipinski definition) is 1. The summed E-state index contributed by atoms with van der Waals surface area (Å²) >= 11 is 0. The maximum atomic E-state index is 3.69. The lowest BCUT2D eigenvalue weighted by molar-refractivity contribution is 0.157. The van der Waals surface area contributed by atoms with Gasteiger partial charge in [0.25, 0.3) is 0 Å². The average molecular weight is 238 g/mol. The quantitative estimate of drug-likeness (QED) is 0.792. The minimum absolute atomic E-state index is 0.797. The van der Waals surface area contributed by atoms with E-state index in [1.807, 2.05) is 0 Å². The van der Waals surface area contributed by atoms with E-state index in [0.29, 0.717) is 0 Å². The van der Waals surface area contributed by atoms with Crippen molar-refractivity contribution in [2.45, 2.75) is 77.4 Å². The van der Waals surface area contributed by atoms with Crippen LogP contribution in [0.2, 0.25) is 0 Å². The van der Waals surface area contributed by atoms with Crippen LogP contribution in [-0.4, -0.2) is 36.1 Å². The van der Waals surface area contributed by atoms with Gasteiger partial charge in [-0.2, -0.15) is 0 Å². The SMILES string of the molecule is CCNC1CCCC1CN1C(C)CCC1CC. The molecule has 1 N–H and O–H groups in total. The predicted octanol–water partition coefficient (Wildman–Crippen LogP) is 3.03. The summed E-state index contributed by atoms with van der Waals surface area (Å²) in [5.41, 5.74) is 0. The summed E-state index contributed by atoms with van der Waals surface area (Å²) in [4.78, 5) is 2.81. The Morgan fingerprint density at radius 3 is 2.65 bits per heavy atom. The molecule has 2 heteroatoms. The summed E-state index contributed by atoms with van der Waals surface area (Å²) in [5.74, 6) is 0.907. The van der Waals surface area contributed by atoms with Crippen LogP contribution in [0.3, 0.4) is 0 Å². The minimum Gasteiger partial charge on any atom is -0.314 e. The Kier molecular flexibility index (Phi) is 4.87. The predicted molar refractivity (Wildman–Crippen MR) is 74.3 cm³/mol. The highest BCUT2D eigenvalue weighted by atomic mass is 15.2. The van der Waals surface area contributed by atoms with Gasteiger partial charge in [-0.05, 0) is 51.5 Å². The number of hydrogen-bond acceptors (Lipinski definition) is 2. The van der Waals surface area contributed by atoms with Crippen LogP contribution in [-0.2, 0) is 0 Å². The fourth-order valence-electron chi connectivity index (χ4n) is 3.95. The molecule has 1 heterocycles. The molecule has 1 saturated heterocycles. The van der Waals surface area contributed by atoms with E-state index < -0.39 is 0 Å². The Labute approximate surface area is 107 Å². The van der Waals surface area contributed by atoms with Crippen molar-refractivity contribution in [1.82, 2.24) is 10.2 Å². The molecule has 2 fully saturated rings. The molecule has 0 bridgehead atoms. The first-order chi connectivity index (χ1) is 8.26. The fraction of sp³-hybridized carbons (Fsp3) is 1.00. The highest BCUT2D eigenvalue weighted by Gasteiger charge is 2.34. The zero-order chi connectivity index (χ0) is 12.3. The van der Waals surface area contributed by atoms with Crippen molar-refractivity contribution in [2.75, 3.05) is 13.1 Å². The molecule has 4 unspecified atom stereocenters. The molecule has 1 aliphatic heterocycles. The minimum atomic E-state index is 0.797. The Morgan fingerprint density at radius 1 is 1.12 bits per heavy atom. The van der Waals surface area contributed by atoms with E-state index in [1.54, 1.807) is 0 Å². The summed E-state index contributed by atoms with van der Waals surface area (Å²) in [6.45, 7) is 9.49. The van der Waals surface area contributed by atoms with Crippen molar-refractivity contribution >= 4 is 0 Å². The highest BCUT2D eigenvalue weighted by molar-refractivity contribution is 4.90. The van der Waals surface area contributed by atoms with Gasteiger partial charge in [-0.3, -0.25) is 4.90 Å². The third-order valence-corrected chi connectivity index (χ3v) is 4.99. The molecule has 0 aromatic heterocycles. The summed E-state index contributed by atoms with van der Waals surface area (Å²) in [5, 5.41) is 3.69. The summed E-state index contributed by atoms with van der Waals surface area (Å²) < 4.78 is 0. The van der Waals surface area contributed by atoms with Gasteiger partial charge < -0.3 is 5.32 Å². The van der Waals surface area contributed by atoms with Crippen LogP contribution < -0.4 is 5.32 Å². The second-order valence-electron chi connectivity index (χ2n) is 6.04. The van der Waals surface area contributed by atoms with Crippen molar-refractivity contribution in [1.29, 1.82) is 0 Å². The summed E-state index contributed by atoms with van der Waals surface area (Å²) in [6, 6.07) is 2.49. The Hall–Kier alpha value is -0.0800. The number of nitrogens with one attached hydrogen (secondary N) is 1. The van der Waals surface area contributed by atoms with Crippen molar-refractivity contribution < 1.29 is 0 Å². The summed E-state index contributed by atoms with van der Waals surface area (Å²) in [6.07, 6.45) is 8.45. The van der Waals surface area contributed by atoms with E-state index in [0.717, 1.165) is 30.6 Å². The smallest absolute Gasteiger partial charge is 0.0107 e. The lowest BCUT2D eigenvalue weighted by atomic mass is 10.0. The van der Waals surface area contributed by atoms with Crippen molar-refractivity contribution in [3.05, 3.63) is 0 Å². The molecular weight excluding hydrogens is 208 g/mol. The second-order valence-corrected chi connectivity index (χ2v) is 6.04. The van der Waals surface area contributed by atoms with Crippen LogP contribution in [0.5, 0.6) is 0 Å². The number of rotatable bonds is 5. The highest BCUT2D eigenvalue weighted by Crippen LogP contribution is 2.32. The van der Waals surface area contributed by atoms with E-state index in [1.165, 1.54) is 45.1 Å². The van der Waals surface area contributed by atoms with Gasteiger partial charge in [-0.1, -0.05) is 20.3 Å². The Morgan fingerprint density at radius 2 is 1.94 bits per heavy atom. The van der Waals surface area contributed by atoms with Crippen LogP contribution in [0.15, 0.2) is 0 Å².